The normalized spacial score (nSPS) is 23.2. The molecule has 2 aliphatic heterocycles. The van der Waals surface area contributed by atoms with E-state index < -0.39 is 10.0 Å². The fourth-order valence-electron chi connectivity index (χ4n) is 4.04. The lowest BCUT2D eigenvalue weighted by Crippen LogP contribution is -2.45. The van der Waals surface area contributed by atoms with Gasteiger partial charge in [0.25, 0.3) is 5.91 Å². The monoisotopic (exact) mass is 393 g/mol. The van der Waals surface area contributed by atoms with E-state index in [-0.39, 0.29) is 16.8 Å². The highest BCUT2D eigenvalue weighted by molar-refractivity contribution is 7.89. The van der Waals surface area contributed by atoms with E-state index in [9.17, 15) is 13.2 Å². The summed E-state index contributed by atoms with van der Waals surface area (Å²) in [5, 5.41) is 0. The molecular weight excluding hydrogens is 362 g/mol. The van der Waals surface area contributed by atoms with Crippen molar-refractivity contribution < 1.29 is 13.2 Å². The number of benzene rings is 1. The lowest BCUT2D eigenvalue weighted by Gasteiger charge is -2.35. The molecule has 0 aromatic heterocycles. The van der Waals surface area contributed by atoms with E-state index in [4.69, 9.17) is 5.73 Å². The Balaban J connectivity index is 1.85. The van der Waals surface area contributed by atoms with Gasteiger partial charge in [-0.05, 0) is 63.1 Å². The Kier molecular flexibility index (Phi) is 6.23. The first-order valence-corrected chi connectivity index (χ1v) is 11.4. The number of hydrogen-bond donors (Lipinski definition) is 1. The summed E-state index contributed by atoms with van der Waals surface area (Å²) in [6.07, 6.45) is 4.82. The second kappa shape index (κ2) is 8.29. The number of aryl methyl sites for hydroxylation is 1. The van der Waals surface area contributed by atoms with Crippen molar-refractivity contribution in [2.75, 3.05) is 26.2 Å². The van der Waals surface area contributed by atoms with E-state index >= 15 is 0 Å². The van der Waals surface area contributed by atoms with Crippen molar-refractivity contribution in [3.63, 3.8) is 0 Å². The molecule has 2 unspecified atom stereocenters. The molecule has 0 bridgehead atoms. The summed E-state index contributed by atoms with van der Waals surface area (Å²) in [5.74, 6) is 0.205. The van der Waals surface area contributed by atoms with Crippen LogP contribution < -0.4 is 5.73 Å². The van der Waals surface area contributed by atoms with Gasteiger partial charge in [0, 0.05) is 37.8 Å². The quantitative estimate of drug-likeness (QED) is 0.851. The lowest BCUT2D eigenvalue weighted by molar-refractivity contribution is 0.0660. The molecule has 0 saturated carbocycles. The van der Waals surface area contributed by atoms with Crippen LogP contribution in [-0.4, -0.2) is 55.8 Å². The number of rotatable bonds is 4. The maximum Gasteiger partial charge on any atom is 0.254 e. The number of nitrogens with two attached hydrogens (primary N) is 1. The Labute approximate surface area is 162 Å². The Morgan fingerprint density at radius 1 is 1.15 bits per heavy atom. The van der Waals surface area contributed by atoms with E-state index in [1.165, 1.54) is 0 Å². The molecule has 2 fully saturated rings. The zero-order valence-corrected chi connectivity index (χ0v) is 17.2. The van der Waals surface area contributed by atoms with Crippen LogP contribution in [0.25, 0.3) is 0 Å². The fraction of sp³-hybridized carbons (Fsp3) is 0.650. The molecule has 1 aromatic rings. The number of sulfonamides is 1. The molecule has 2 atom stereocenters. The molecule has 1 amide bonds. The third kappa shape index (κ3) is 4.36. The summed E-state index contributed by atoms with van der Waals surface area (Å²) < 4.78 is 27.5. The fourth-order valence-corrected chi connectivity index (χ4v) is 5.58. The molecule has 2 saturated heterocycles. The summed E-state index contributed by atoms with van der Waals surface area (Å²) >= 11 is 0. The lowest BCUT2D eigenvalue weighted by atomic mass is 9.91. The summed E-state index contributed by atoms with van der Waals surface area (Å²) in [5.41, 5.74) is 7.33. The first-order valence-electron chi connectivity index (χ1n) is 9.96. The Morgan fingerprint density at radius 2 is 1.85 bits per heavy atom. The predicted octanol–water partition coefficient (Wildman–Crippen LogP) is 2.37. The summed E-state index contributed by atoms with van der Waals surface area (Å²) in [6.45, 7) is 6.29. The molecule has 1 aromatic carbocycles. The van der Waals surface area contributed by atoms with Crippen LogP contribution in [0.4, 0.5) is 0 Å². The second-order valence-corrected chi connectivity index (χ2v) is 9.89. The average molecular weight is 394 g/mol. The van der Waals surface area contributed by atoms with Crippen molar-refractivity contribution in [2.24, 2.45) is 11.7 Å². The van der Waals surface area contributed by atoms with Crippen molar-refractivity contribution in [3.05, 3.63) is 29.3 Å². The number of nitrogens with zero attached hydrogens (tertiary/aromatic N) is 2. The van der Waals surface area contributed by atoms with Crippen molar-refractivity contribution in [2.45, 2.75) is 56.9 Å². The Morgan fingerprint density at radius 3 is 2.52 bits per heavy atom. The van der Waals surface area contributed by atoms with E-state index in [0.717, 1.165) is 37.7 Å². The Bertz CT molecular complexity index is 786. The molecule has 0 radical (unpaired) electrons. The van der Waals surface area contributed by atoms with Gasteiger partial charge in [-0.15, -0.1) is 0 Å². The highest BCUT2D eigenvalue weighted by Crippen LogP contribution is 2.25. The summed E-state index contributed by atoms with van der Waals surface area (Å²) in [7, 11) is -3.55. The van der Waals surface area contributed by atoms with Crippen LogP contribution in [0.15, 0.2) is 23.1 Å². The SMILES string of the molecule is Cc1ccc(S(=O)(=O)N2CCCCC2)cc1C(=O)N1CCCC(C(C)N)C1. The molecule has 150 valence electrons. The molecule has 0 aliphatic carbocycles. The van der Waals surface area contributed by atoms with Crippen molar-refractivity contribution in [3.8, 4) is 0 Å². The molecule has 6 nitrogen and oxygen atoms in total. The molecule has 2 aliphatic rings. The maximum atomic E-state index is 13.1. The van der Waals surface area contributed by atoms with Gasteiger partial charge in [-0.1, -0.05) is 12.5 Å². The van der Waals surface area contributed by atoms with Crippen LogP contribution in [0.5, 0.6) is 0 Å². The van der Waals surface area contributed by atoms with Gasteiger partial charge in [0.05, 0.1) is 4.90 Å². The van der Waals surface area contributed by atoms with Crippen LogP contribution in [0.1, 0.15) is 54.9 Å². The van der Waals surface area contributed by atoms with E-state index in [1.807, 2.05) is 18.7 Å². The zero-order valence-electron chi connectivity index (χ0n) is 16.4. The minimum atomic E-state index is -3.55. The van der Waals surface area contributed by atoms with Crippen LogP contribution in [0.3, 0.4) is 0 Å². The number of carbonyl (C=O) groups excluding carboxylic acids is 1. The average Bonchev–Trinajstić information content (AvgIpc) is 2.68. The summed E-state index contributed by atoms with van der Waals surface area (Å²) in [6, 6.07) is 4.98. The van der Waals surface area contributed by atoms with Crippen LogP contribution in [0, 0.1) is 12.8 Å². The van der Waals surface area contributed by atoms with Gasteiger partial charge in [-0.25, -0.2) is 8.42 Å². The number of amides is 1. The highest BCUT2D eigenvalue weighted by Gasteiger charge is 2.30. The summed E-state index contributed by atoms with van der Waals surface area (Å²) in [4.78, 5) is 15.2. The van der Waals surface area contributed by atoms with Crippen LogP contribution >= 0.6 is 0 Å². The Hall–Kier alpha value is -1.44. The number of carbonyl (C=O) groups is 1. The van der Waals surface area contributed by atoms with E-state index in [2.05, 4.69) is 0 Å². The molecule has 2 heterocycles. The van der Waals surface area contributed by atoms with Gasteiger partial charge in [0.1, 0.15) is 0 Å². The third-order valence-corrected chi connectivity index (χ3v) is 7.78. The van der Waals surface area contributed by atoms with Crippen molar-refractivity contribution in [1.82, 2.24) is 9.21 Å². The smallest absolute Gasteiger partial charge is 0.254 e. The molecule has 0 spiro atoms. The topological polar surface area (TPSA) is 83.7 Å². The number of hydrogen-bond acceptors (Lipinski definition) is 4. The maximum absolute atomic E-state index is 13.1. The first kappa shape index (κ1) is 20.3. The van der Waals surface area contributed by atoms with Gasteiger partial charge < -0.3 is 10.6 Å². The van der Waals surface area contributed by atoms with Crippen LogP contribution in [-0.2, 0) is 10.0 Å². The molecule has 7 heteroatoms. The number of piperidine rings is 2. The number of likely N-dealkylation sites (tertiary alicyclic amines) is 1. The standard InChI is InChI=1S/C20H31N3O3S/c1-15-8-9-18(27(25,26)23-11-4-3-5-12-23)13-19(15)20(24)22-10-6-7-17(14-22)16(2)21/h8-9,13,16-17H,3-7,10-12,14,21H2,1-2H3. The van der Waals surface area contributed by atoms with Crippen molar-refractivity contribution >= 4 is 15.9 Å². The van der Waals surface area contributed by atoms with Gasteiger partial charge in [-0.2, -0.15) is 4.31 Å². The van der Waals surface area contributed by atoms with Gasteiger partial charge in [-0.3, -0.25) is 4.79 Å². The molecular formula is C20H31N3O3S. The molecule has 3 rings (SSSR count). The first-order chi connectivity index (χ1) is 12.8. The van der Waals surface area contributed by atoms with Gasteiger partial charge in [0.15, 0.2) is 0 Å². The largest absolute Gasteiger partial charge is 0.338 e. The zero-order chi connectivity index (χ0) is 19.6. The molecule has 27 heavy (non-hydrogen) atoms. The van der Waals surface area contributed by atoms with Gasteiger partial charge >= 0.3 is 0 Å². The minimum absolute atomic E-state index is 0.0486. The van der Waals surface area contributed by atoms with Crippen LogP contribution in [0.2, 0.25) is 0 Å². The van der Waals surface area contributed by atoms with E-state index in [1.54, 1.807) is 22.5 Å². The van der Waals surface area contributed by atoms with Gasteiger partial charge in [0.2, 0.25) is 10.0 Å². The molecule has 2 N–H and O–H groups in total. The van der Waals surface area contributed by atoms with E-state index in [0.29, 0.717) is 37.7 Å². The third-order valence-electron chi connectivity index (χ3n) is 5.88. The van der Waals surface area contributed by atoms with Crippen molar-refractivity contribution in [1.29, 1.82) is 0 Å². The highest BCUT2D eigenvalue weighted by atomic mass is 32.2. The second-order valence-electron chi connectivity index (χ2n) is 7.95. The minimum Gasteiger partial charge on any atom is -0.338 e. The predicted molar refractivity (Wildman–Crippen MR) is 106 cm³/mol.